The summed E-state index contributed by atoms with van der Waals surface area (Å²) in [5, 5.41) is 20.1. The Morgan fingerprint density at radius 2 is 1.35 bits per heavy atom. The quantitative estimate of drug-likeness (QED) is 0.382. The molecule has 8 heteroatoms. The molecule has 0 saturated heterocycles. The van der Waals surface area contributed by atoms with E-state index in [9.17, 15) is 36.6 Å². The van der Waals surface area contributed by atoms with E-state index in [4.69, 9.17) is 0 Å². The zero-order valence-electron chi connectivity index (χ0n) is 18.6. The third-order valence-corrected chi connectivity index (χ3v) is 5.99. The number of aliphatic hydroxyl groups is 2. The monoisotopic (exact) mass is 482 g/mol. The van der Waals surface area contributed by atoms with Crippen LogP contribution in [-0.4, -0.2) is 22.6 Å². The Hall–Kier alpha value is -2.84. The van der Waals surface area contributed by atoms with Crippen LogP contribution >= 0.6 is 0 Å². The van der Waals surface area contributed by atoms with E-state index < -0.39 is 29.9 Å². The van der Waals surface area contributed by atoms with Crippen molar-refractivity contribution in [2.24, 2.45) is 0 Å². The highest BCUT2D eigenvalue weighted by Crippen LogP contribution is 2.51. The third kappa shape index (κ3) is 5.28. The molecule has 0 radical (unpaired) electrons. The number of halogens is 6. The van der Waals surface area contributed by atoms with Crippen LogP contribution in [0.1, 0.15) is 39.8 Å². The van der Waals surface area contributed by atoms with Gasteiger partial charge in [0.25, 0.3) is 0 Å². The molecule has 0 aliphatic heterocycles. The number of aryl methyl sites for hydroxylation is 1. The molecule has 0 bridgehead atoms. The van der Waals surface area contributed by atoms with Gasteiger partial charge in [-0.3, -0.25) is 0 Å². The van der Waals surface area contributed by atoms with Crippen LogP contribution in [0.5, 0.6) is 0 Å². The Morgan fingerprint density at radius 1 is 0.794 bits per heavy atom. The van der Waals surface area contributed by atoms with Gasteiger partial charge in [0, 0.05) is 5.56 Å². The fraction of sp³-hybridized carbons (Fsp3) is 0.308. The first-order chi connectivity index (χ1) is 15.8. The van der Waals surface area contributed by atoms with Gasteiger partial charge >= 0.3 is 12.4 Å². The highest BCUT2D eigenvalue weighted by Gasteiger charge is 2.61. The molecule has 3 rings (SSSR count). The second-order valence-corrected chi connectivity index (χ2v) is 8.39. The molecule has 1 unspecified atom stereocenters. The highest BCUT2D eigenvalue weighted by atomic mass is 19.4. The lowest BCUT2D eigenvalue weighted by Crippen LogP contribution is -2.47. The Labute approximate surface area is 193 Å². The van der Waals surface area contributed by atoms with Gasteiger partial charge in [-0.25, -0.2) is 0 Å². The molecule has 2 N–H and O–H groups in total. The van der Waals surface area contributed by atoms with Crippen molar-refractivity contribution in [3.05, 3.63) is 94.0 Å². The van der Waals surface area contributed by atoms with Gasteiger partial charge in [0.2, 0.25) is 0 Å². The molecule has 0 aliphatic carbocycles. The SMILES string of the molecule is Cc1cc(-c2ccccc2)c(C(O)(CC(F)(F)F)C(F)(F)F)c(Cc2ccc(CO)cc2)c1C. The van der Waals surface area contributed by atoms with Crippen LogP contribution in [0.2, 0.25) is 0 Å². The molecule has 0 amide bonds. The van der Waals surface area contributed by atoms with Crippen LogP contribution < -0.4 is 0 Å². The van der Waals surface area contributed by atoms with Gasteiger partial charge in [0.05, 0.1) is 13.0 Å². The topological polar surface area (TPSA) is 40.5 Å². The van der Waals surface area contributed by atoms with Crippen LogP contribution in [0.4, 0.5) is 26.3 Å². The predicted molar refractivity (Wildman–Crippen MR) is 117 cm³/mol. The summed E-state index contributed by atoms with van der Waals surface area (Å²) in [6.07, 6.45) is -13.5. The molecule has 0 heterocycles. The number of hydrogen-bond acceptors (Lipinski definition) is 2. The molecule has 3 aromatic carbocycles. The summed E-state index contributed by atoms with van der Waals surface area (Å²) in [5.41, 5.74) is -2.74. The lowest BCUT2D eigenvalue weighted by Gasteiger charge is -2.36. The van der Waals surface area contributed by atoms with Gasteiger partial charge in [-0.2, -0.15) is 26.3 Å². The van der Waals surface area contributed by atoms with Gasteiger partial charge in [0.1, 0.15) is 0 Å². The second kappa shape index (κ2) is 9.43. The normalized spacial score (nSPS) is 14.2. The van der Waals surface area contributed by atoms with Crippen molar-refractivity contribution < 1.29 is 36.6 Å². The number of rotatable bonds is 6. The lowest BCUT2D eigenvalue weighted by molar-refractivity contribution is -0.300. The minimum atomic E-state index is -5.59. The molecule has 0 spiro atoms. The van der Waals surface area contributed by atoms with Crippen LogP contribution in [0.25, 0.3) is 11.1 Å². The average Bonchev–Trinajstić information content (AvgIpc) is 2.75. The number of aliphatic hydroxyl groups excluding tert-OH is 1. The van der Waals surface area contributed by atoms with Crippen LogP contribution in [0.3, 0.4) is 0 Å². The third-order valence-electron chi connectivity index (χ3n) is 5.99. The maximum atomic E-state index is 14.3. The Bertz CT molecular complexity index is 1140. The summed E-state index contributed by atoms with van der Waals surface area (Å²) >= 11 is 0. The molecular formula is C26H24F6O2. The van der Waals surface area contributed by atoms with E-state index in [-0.39, 0.29) is 29.7 Å². The fourth-order valence-corrected chi connectivity index (χ4v) is 4.11. The minimum absolute atomic E-state index is 0.0142. The van der Waals surface area contributed by atoms with Crippen molar-refractivity contribution in [3.63, 3.8) is 0 Å². The van der Waals surface area contributed by atoms with Crippen molar-refractivity contribution in [3.8, 4) is 11.1 Å². The summed E-state index contributed by atoms with van der Waals surface area (Å²) in [6.45, 7) is 2.97. The molecule has 0 aromatic heterocycles. The summed E-state index contributed by atoms with van der Waals surface area (Å²) in [4.78, 5) is 0. The molecule has 182 valence electrons. The van der Waals surface area contributed by atoms with Crippen LogP contribution in [-0.2, 0) is 18.6 Å². The van der Waals surface area contributed by atoms with E-state index in [0.717, 1.165) is 0 Å². The molecule has 0 saturated carbocycles. The van der Waals surface area contributed by atoms with Gasteiger partial charge in [-0.05, 0) is 59.2 Å². The number of benzene rings is 3. The zero-order valence-corrected chi connectivity index (χ0v) is 18.6. The van der Waals surface area contributed by atoms with Gasteiger partial charge < -0.3 is 10.2 Å². The molecular weight excluding hydrogens is 458 g/mol. The standard InChI is InChI=1S/C26H24F6O2/c1-16-12-22(20-6-4-3-5-7-20)23(24(34,26(30,31)32)15-25(27,28)29)21(17(16)2)13-18-8-10-19(14-33)11-9-18/h3-12,33-34H,13-15H2,1-2H3. The summed E-state index contributed by atoms with van der Waals surface area (Å²) in [6, 6.07) is 15.5. The van der Waals surface area contributed by atoms with E-state index in [1.807, 2.05) is 0 Å². The molecule has 2 nitrogen and oxygen atoms in total. The predicted octanol–water partition coefficient (Wildman–Crippen LogP) is 6.76. The van der Waals surface area contributed by atoms with Crippen LogP contribution in [0.15, 0.2) is 60.7 Å². The van der Waals surface area contributed by atoms with Crippen molar-refractivity contribution in [1.82, 2.24) is 0 Å². The largest absolute Gasteiger partial charge is 0.421 e. The molecule has 34 heavy (non-hydrogen) atoms. The van der Waals surface area contributed by atoms with Crippen molar-refractivity contribution in [2.75, 3.05) is 0 Å². The summed E-state index contributed by atoms with van der Waals surface area (Å²) in [5.74, 6) is 0. The maximum absolute atomic E-state index is 14.3. The van der Waals surface area contributed by atoms with Crippen LogP contribution in [0, 0.1) is 13.8 Å². The first-order valence-electron chi connectivity index (χ1n) is 10.5. The van der Waals surface area contributed by atoms with Gasteiger partial charge in [-0.15, -0.1) is 0 Å². The Morgan fingerprint density at radius 3 is 1.85 bits per heavy atom. The Balaban J connectivity index is 2.38. The number of alkyl halides is 6. The summed E-state index contributed by atoms with van der Waals surface area (Å²) < 4.78 is 83.2. The van der Waals surface area contributed by atoms with Gasteiger partial charge in [-0.1, -0.05) is 60.7 Å². The van der Waals surface area contributed by atoms with E-state index in [1.165, 1.54) is 25.1 Å². The van der Waals surface area contributed by atoms with Crippen molar-refractivity contribution in [2.45, 2.75) is 51.2 Å². The molecule has 3 aromatic rings. The second-order valence-electron chi connectivity index (χ2n) is 8.39. The van der Waals surface area contributed by atoms with E-state index in [0.29, 0.717) is 22.3 Å². The molecule has 0 aliphatic rings. The lowest BCUT2D eigenvalue weighted by atomic mass is 9.76. The first-order valence-corrected chi connectivity index (χ1v) is 10.5. The molecule has 1 atom stereocenters. The smallest absolute Gasteiger partial charge is 0.392 e. The number of hydrogen-bond donors (Lipinski definition) is 2. The van der Waals surface area contributed by atoms with E-state index in [1.54, 1.807) is 49.4 Å². The summed E-state index contributed by atoms with van der Waals surface area (Å²) in [7, 11) is 0. The minimum Gasteiger partial charge on any atom is -0.392 e. The average molecular weight is 482 g/mol. The maximum Gasteiger partial charge on any atom is 0.421 e. The van der Waals surface area contributed by atoms with Crippen molar-refractivity contribution >= 4 is 0 Å². The highest BCUT2D eigenvalue weighted by molar-refractivity contribution is 5.73. The van der Waals surface area contributed by atoms with Gasteiger partial charge in [0.15, 0.2) is 5.60 Å². The first kappa shape index (κ1) is 25.8. The van der Waals surface area contributed by atoms with Crippen molar-refractivity contribution in [1.29, 1.82) is 0 Å². The van der Waals surface area contributed by atoms with E-state index in [2.05, 4.69) is 0 Å². The Kier molecular flexibility index (Phi) is 7.15. The molecule has 0 fully saturated rings. The fourth-order valence-electron chi connectivity index (χ4n) is 4.11. The zero-order chi connectivity index (χ0) is 25.3. The van der Waals surface area contributed by atoms with E-state index >= 15 is 0 Å².